The molecule has 18 nitrogen and oxygen atoms in total. The summed E-state index contributed by atoms with van der Waals surface area (Å²) in [6, 6.07) is 5.91. The maximum absolute atomic E-state index is 12.3. The van der Waals surface area contributed by atoms with E-state index in [1.54, 1.807) is 0 Å². The van der Waals surface area contributed by atoms with Crippen LogP contribution < -0.4 is 70.9 Å². The molecule has 0 aliphatic heterocycles. The fraction of sp³-hybridized carbons (Fsp3) is 0.500. The van der Waals surface area contributed by atoms with Crippen LogP contribution in [0.1, 0.15) is 92.9 Å². The molecule has 0 bridgehead atoms. The number of amides is 2. The van der Waals surface area contributed by atoms with Crippen molar-refractivity contribution in [3.05, 3.63) is 59.3 Å². The zero-order chi connectivity index (χ0) is 42.6. The van der Waals surface area contributed by atoms with Gasteiger partial charge in [0.05, 0.1) is 21.2 Å². The maximum atomic E-state index is 12.3. The normalized spacial score (nSPS) is 13.5. The summed E-state index contributed by atoms with van der Waals surface area (Å²) in [5, 5.41) is 76.9. The largest absolute Gasteiger partial charge is 3.00 e. The van der Waals surface area contributed by atoms with Crippen molar-refractivity contribution in [2.45, 2.75) is 103 Å². The number of allylic oxidation sites excluding steroid dienone is 2. The minimum absolute atomic E-state index is 0. The number of carbonyl (C=O) groups is 2. The van der Waals surface area contributed by atoms with Gasteiger partial charge in [-0.1, -0.05) is 104 Å². The van der Waals surface area contributed by atoms with Crippen molar-refractivity contribution in [3.8, 4) is 11.5 Å². The summed E-state index contributed by atoms with van der Waals surface area (Å²) in [6.45, 7) is 11.3. The predicted molar refractivity (Wildman–Crippen MR) is 202 cm³/mol. The molecule has 318 valence electrons. The molecule has 2 aromatic rings. The molecule has 2 atom stereocenters. The minimum Gasteiger partial charge on any atom is -0.874 e. The van der Waals surface area contributed by atoms with E-state index < -0.39 is 66.3 Å². The van der Waals surface area contributed by atoms with Crippen LogP contribution in [0.5, 0.6) is 11.5 Å². The first-order valence-electron chi connectivity index (χ1n) is 18.0. The molecular weight excluding hydrogens is 850 g/mol. The number of primary sulfonamides is 2. The molecule has 0 aliphatic rings. The van der Waals surface area contributed by atoms with Crippen LogP contribution >= 0.6 is 0 Å². The summed E-state index contributed by atoms with van der Waals surface area (Å²) < 4.78 is 45.5. The molecule has 22 heteroatoms. The zero-order valence-corrected chi connectivity index (χ0v) is 38.5. The number of nitrogens with zero attached hydrogens (tertiary/aromatic N) is 4. The molecule has 2 amide bonds. The summed E-state index contributed by atoms with van der Waals surface area (Å²) in [6.07, 6.45) is 7.90. The smallest absolute Gasteiger partial charge is 0.874 e. The van der Waals surface area contributed by atoms with Gasteiger partial charge in [0, 0.05) is 13.1 Å². The number of sulfonamides is 2. The fourth-order valence-corrected chi connectivity index (χ4v) is 5.86. The second-order valence-corrected chi connectivity index (χ2v) is 15.9. The molecule has 0 heterocycles. The Morgan fingerprint density at radius 2 is 1.00 bits per heavy atom. The van der Waals surface area contributed by atoms with E-state index in [-0.39, 0.29) is 79.3 Å². The first kappa shape index (κ1) is 56.7. The van der Waals surface area contributed by atoms with Crippen LogP contribution in [-0.2, 0) is 46.4 Å². The molecule has 2 unspecified atom stereocenters. The summed E-state index contributed by atoms with van der Waals surface area (Å²) in [7, 11) is -8.07. The number of carbonyl (C=O) groups excluding carboxylic acids is 2. The van der Waals surface area contributed by atoms with Crippen molar-refractivity contribution < 1.29 is 93.2 Å². The minimum atomic E-state index is -4.04. The second kappa shape index (κ2) is 28.1. The molecule has 58 heavy (non-hydrogen) atoms. The Morgan fingerprint density at radius 3 is 1.26 bits per heavy atom. The van der Waals surface area contributed by atoms with E-state index >= 15 is 0 Å². The van der Waals surface area contributed by atoms with Crippen molar-refractivity contribution in [2.75, 3.05) is 13.1 Å². The van der Waals surface area contributed by atoms with Gasteiger partial charge in [0.25, 0.3) is 11.8 Å². The third-order valence-corrected chi connectivity index (χ3v) is 10.1. The molecular formula is C36H52CoN8NaO10S2. The quantitative estimate of drug-likeness (QED) is 0.0589. The Kier molecular flexibility index (Phi) is 27.5. The van der Waals surface area contributed by atoms with Crippen LogP contribution in [0.2, 0.25) is 0 Å². The Hall–Kier alpha value is -3.41. The van der Waals surface area contributed by atoms with E-state index in [0.717, 1.165) is 102 Å². The third-order valence-electron chi connectivity index (χ3n) is 8.32. The first-order chi connectivity index (χ1) is 26.2. The van der Waals surface area contributed by atoms with Crippen LogP contribution in [0.4, 0.5) is 11.4 Å². The molecule has 0 radical (unpaired) electrons. The van der Waals surface area contributed by atoms with Gasteiger partial charge in [-0.15, -0.1) is 21.7 Å². The average molecular weight is 903 g/mol. The maximum Gasteiger partial charge on any atom is 3.00 e. The van der Waals surface area contributed by atoms with E-state index in [9.17, 15) is 46.9 Å². The average Bonchev–Trinajstić information content (AvgIpc) is 3.12. The monoisotopic (exact) mass is 902 g/mol. The molecule has 0 spiro atoms. The molecule has 0 saturated heterocycles. The van der Waals surface area contributed by atoms with Crippen molar-refractivity contribution in [1.82, 2.24) is 10.6 Å². The predicted octanol–water partition coefficient (Wildman–Crippen LogP) is -0.167. The zero-order valence-electron chi connectivity index (χ0n) is 33.9. The molecule has 2 aromatic carbocycles. The Balaban J connectivity index is 0. The number of hydrogen-bond donors (Lipinski definition) is 4. The Bertz CT molecular complexity index is 1850. The molecule has 0 saturated carbocycles. The van der Waals surface area contributed by atoms with E-state index in [1.165, 1.54) is 0 Å². The Labute approximate surface area is 373 Å². The molecule has 0 aliphatic carbocycles. The topological polar surface area (TPSA) is 320 Å². The summed E-state index contributed by atoms with van der Waals surface area (Å²) in [5.41, 5.74) is -1.61. The standard InChI is InChI=1S/2C18H28N4O5S.Co.Na/c2*1-4-6-7-13(5-2)11-20-18(25)17(12(3)23)22-21-15-10-14(28(19,26)27)8-9-16(15)24;;/h2*8-10,13,23-24H,4-7,11H2,1-3H3,(H,20,25)(H2,19,26,27);;/q;;+3;+1/p-4/b17-12+,22-21?;17-12-,22-21?;;. The van der Waals surface area contributed by atoms with Crippen molar-refractivity contribution in [2.24, 2.45) is 42.6 Å². The van der Waals surface area contributed by atoms with E-state index in [1.807, 2.05) is 13.8 Å². The SMILES string of the molecule is CCCCC(CC)CNC(=O)/C(N=Nc1cc(S(N)(=O)=O)ccc1[O-])=C(/C)[O-].CCCCC(CC)CNC(=O)/C(N=Nc1cc(S(N)(=O)=O)ccc1[O-])=C(\C)[O-].[Co+3].[Na+]. The van der Waals surface area contributed by atoms with Crippen LogP contribution in [0, 0.1) is 11.8 Å². The van der Waals surface area contributed by atoms with Crippen molar-refractivity contribution >= 4 is 43.2 Å². The number of nitrogens with two attached hydrogens (primary N) is 2. The fourth-order valence-electron chi connectivity index (χ4n) is 4.79. The Morgan fingerprint density at radius 1 is 0.672 bits per heavy atom. The van der Waals surface area contributed by atoms with Crippen molar-refractivity contribution in [3.63, 3.8) is 0 Å². The first-order valence-corrected chi connectivity index (χ1v) is 21.1. The molecule has 0 aromatic heterocycles. The number of benzene rings is 2. The van der Waals surface area contributed by atoms with Gasteiger partial charge in [-0.25, -0.2) is 27.1 Å². The summed E-state index contributed by atoms with van der Waals surface area (Å²) >= 11 is 0. The molecule has 0 fully saturated rings. The van der Waals surface area contributed by atoms with Gasteiger partial charge in [-0.3, -0.25) is 9.59 Å². The van der Waals surface area contributed by atoms with Crippen molar-refractivity contribution in [1.29, 1.82) is 0 Å². The third kappa shape index (κ3) is 20.5. The van der Waals surface area contributed by atoms with E-state index in [4.69, 9.17) is 10.3 Å². The van der Waals surface area contributed by atoms with Gasteiger partial charge < -0.3 is 31.1 Å². The van der Waals surface area contributed by atoms with Crippen LogP contribution in [-0.4, -0.2) is 41.7 Å². The number of azo groups is 2. The van der Waals surface area contributed by atoms with Crippen LogP contribution in [0.3, 0.4) is 0 Å². The number of rotatable bonds is 20. The molecule has 2 rings (SSSR count). The number of unbranched alkanes of at least 4 members (excludes halogenated alkanes) is 2. The van der Waals surface area contributed by atoms with E-state index in [0.29, 0.717) is 13.1 Å². The van der Waals surface area contributed by atoms with Gasteiger partial charge in [-0.05, 0) is 48.9 Å². The van der Waals surface area contributed by atoms with Gasteiger partial charge in [-0.2, -0.15) is 10.2 Å². The van der Waals surface area contributed by atoms with Crippen LogP contribution in [0.25, 0.3) is 0 Å². The van der Waals surface area contributed by atoms with Gasteiger partial charge >= 0.3 is 46.3 Å². The van der Waals surface area contributed by atoms with E-state index in [2.05, 4.69) is 44.9 Å². The summed E-state index contributed by atoms with van der Waals surface area (Å²) in [4.78, 5) is 23.9. The number of hydrogen-bond acceptors (Lipinski definition) is 14. The molecule has 6 N–H and O–H groups in total. The van der Waals surface area contributed by atoms with Crippen LogP contribution in [0.15, 0.2) is 89.6 Å². The van der Waals surface area contributed by atoms with Gasteiger partial charge in [0.1, 0.15) is 11.4 Å². The van der Waals surface area contributed by atoms with Gasteiger partial charge in [0.15, 0.2) is 0 Å². The number of nitrogens with one attached hydrogen (secondary N) is 2. The van der Waals surface area contributed by atoms with Gasteiger partial charge in [0.2, 0.25) is 20.0 Å². The second-order valence-electron chi connectivity index (χ2n) is 12.8. The summed E-state index contributed by atoms with van der Waals surface area (Å²) in [5.74, 6) is -3.31.